The van der Waals surface area contributed by atoms with E-state index in [1.54, 1.807) is 0 Å². The third-order valence-electron chi connectivity index (χ3n) is 1.61. The number of hydrogen-bond donors (Lipinski definition) is 0. The number of rotatable bonds is 1. The smallest absolute Gasteiger partial charge is 0.214 e. The Bertz CT molecular complexity index is 175. The number of allylic oxidation sites excluding steroid dienone is 1. The zero-order valence-electron chi connectivity index (χ0n) is 6.44. The van der Waals surface area contributed by atoms with Crippen LogP contribution in [-0.2, 0) is 0 Å². The Morgan fingerprint density at radius 2 is 2.11 bits per heavy atom. The van der Waals surface area contributed by atoms with E-state index < -0.39 is 0 Å². The van der Waals surface area contributed by atoms with Crippen molar-refractivity contribution >= 4 is 6.21 Å². The molecule has 0 radical (unpaired) electrons. The SMILES string of the molecule is C=C(C)C=[N+]1CC1(C)C. The second kappa shape index (κ2) is 1.69. The molecular formula is C8H14N+. The third kappa shape index (κ3) is 1.41. The van der Waals surface area contributed by atoms with Gasteiger partial charge < -0.3 is 0 Å². The van der Waals surface area contributed by atoms with Crippen molar-refractivity contribution in [1.29, 1.82) is 0 Å². The topological polar surface area (TPSA) is 3.01 Å². The molecule has 1 heterocycles. The van der Waals surface area contributed by atoms with E-state index in [-0.39, 0.29) is 0 Å². The highest BCUT2D eigenvalue weighted by atomic mass is 15.2. The van der Waals surface area contributed by atoms with Gasteiger partial charge >= 0.3 is 0 Å². The molecule has 0 bridgehead atoms. The maximum atomic E-state index is 3.80. The molecule has 0 aliphatic carbocycles. The van der Waals surface area contributed by atoms with E-state index in [0.29, 0.717) is 5.54 Å². The maximum absolute atomic E-state index is 3.80. The van der Waals surface area contributed by atoms with E-state index in [2.05, 4.69) is 31.2 Å². The second-order valence-electron chi connectivity index (χ2n) is 3.42. The van der Waals surface area contributed by atoms with Crippen LogP contribution >= 0.6 is 0 Å². The van der Waals surface area contributed by atoms with Gasteiger partial charge in [-0.05, 0) is 6.92 Å². The van der Waals surface area contributed by atoms with Crippen LogP contribution in [0.2, 0.25) is 0 Å². The van der Waals surface area contributed by atoms with Crippen molar-refractivity contribution in [2.75, 3.05) is 6.54 Å². The van der Waals surface area contributed by atoms with E-state index in [1.165, 1.54) is 6.54 Å². The molecule has 1 nitrogen and oxygen atoms in total. The Hall–Kier alpha value is -0.590. The highest BCUT2D eigenvalue weighted by Gasteiger charge is 2.49. The van der Waals surface area contributed by atoms with Gasteiger partial charge in [-0.1, -0.05) is 6.58 Å². The highest BCUT2D eigenvalue weighted by Crippen LogP contribution is 2.23. The summed E-state index contributed by atoms with van der Waals surface area (Å²) < 4.78 is 2.29. The van der Waals surface area contributed by atoms with Crippen LogP contribution in [0.1, 0.15) is 20.8 Å². The Kier molecular flexibility index (Phi) is 1.23. The molecule has 0 N–H and O–H groups in total. The summed E-state index contributed by atoms with van der Waals surface area (Å²) >= 11 is 0. The molecule has 1 aliphatic rings. The lowest BCUT2D eigenvalue weighted by Crippen LogP contribution is -2.00. The number of nitrogens with zero attached hydrogens (tertiary/aromatic N) is 1. The normalized spacial score (nSPS) is 26.3. The van der Waals surface area contributed by atoms with Crippen molar-refractivity contribution in [3.8, 4) is 0 Å². The van der Waals surface area contributed by atoms with E-state index >= 15 is 0 Å². The molecule has 0 aromatic rings. The van der Waals surface area contributed by atoms with Crippen LogP contribution in [0.5, 0.6) is 0 Å². The minimum absolute atomic E-state index is 0.416. The second-order valence-corrected chi connectivity index (χ2v) is 3.42. The third-order valence-corrected chi connectivity index (χ3v) is 1.61. The first kappa shape index (κ1) is 6.53. The Morgan fingerprint density at radius 3 is 2.22 bits per heavy atom. The van der Waals surface area contributed by atoms with E-state index in [0.717, 1.165) is 5.57 Å². The van der Waals surface area contributed by atoms with Crippen molar-refractivity contribution < 1.29 is 4.58 Å². The fraction of sp³-hybridized carbons (Fsp3) is 0.625. The Labute approximate surface area is 56.7 Å². The van der Waals surface area contributed by atoms with Gasteiger partial charge in [-0.15, -0.1) is 0 Å². The fourth-order valence-electron chi connectivity index (χ4n) is 0.868. The maximum Gasteiger partial charge on any atom is 0.214 e. The van der Waals surface area contributed by atoms with Gasteiger partial charge in [0, 0.05) is 19.4 Å². The van der Waals surface area contributed by atoms with Crippen molar-refractivity contribution in [2.24, 2.45) is 0 Å². The molecule has 0 atom stereocenters. The van der Waals surface area contributed by atoms with Gasteiger partial charge in [-0.3, -0.25) is 0 Å². The average Bonchev–Trinajstić information content (AvgIpc) is 2.10. The average molecular weight is 124 g/mol. The minimum atomic E-state index is 0.416. The van der Waals surface area contributed by atoms with E-state index in [9.17, 15) is 0 Å². The molecule has 50 valence electrons. The van der Waals surface area contributed by atoms with Gasteiger partial charge in [0.15, 0.2) is 6.21 Å². The standard InChI is InChI=1S/C8H14N/c1-7(2)5-9-6-8(9,3)4/h5H,1,6H2,2-4H3/q+1. The van der Waals surface area contributed by atoms with Gasteiger partial charge in [0.05, 0.1) is 0 Å². The van der Waals surface area contributed by atoms with Gasteiger partial charge in [0.2, 0.25) is 12.1 Å². The van der Waals surface area contributed by atoms with Crippen LogP contribution < -0.4 is 0 Å². The lowest BCUT2D eigenvalue weighted by Gasteiger charge is -1.82. The van der Waals surface area contributed by atoms with Crippen LogP contribution in [0.3, 0.4) is 0 Å². The summed E-state index contributed by atoms with van der Waals surface area (Å²) in [5, 5.41) is 0. The summed E-state index contributed by atoms with van der Waals surface area (Å²) in [4.78, 5) is 0. The molecule has 0 amide bonds. The van der Waals surface area contributed by atoms with Crippen molar-refractivity contribution in [2.45, 2.75) is 26.3 Å². The van der Waals surface area contributed by atoms with Crippen molar-refractivity contribution in [3.05, 3.63) is 12.2 Å². The molecule has 0 spiro atoms. The zero-order valence-corrected chi connectivity index (χ0v) is 6.44. The lowest BCUT2D eigenvalue weighted by atomic mass is 10.2. The predicted molar refractivity (Wildman–Crippen MR) is 40.1 cm³/mol. The summed E-state index contributed by atoms with van der Waals surface area (Å²) in [6.07, 6.45) is 2.11. The molecule has 0 aromatic carbocycles. The molecule has 1 aliphatic heterocycles. The van der Waals surface area contributed by atoms with Crippen LogP contribution in [0.15, 0.2) is 12.2 Å². The summed E-state index contributed by atoms with van der Waals surface area (Å²) in [6.45, 7) is 11.5. The molecule has 9 heavy (non-hydrogen) atoms. The fourth-order valence-corrected chi connectivity index (χ4v) is 0.868. The molecular weight excluding hydrogens is 110 g/mol. The van der Waals surface area contributed by atoms with Crippen molar-refractivity contribution in [1.82, 2.24) is 0 Å². The Morgan fingerprint density at radius 1 is 1.67 bits per heavy atom. The molecule has 1 rings (SSSR count). The molecule has 1 saturated heterocycles. The molecule has 0 saturated carbocycles. The summed E-state index contributed by atoms with van der Waals surface area (Å²) in [6, 6.07) is 0. The summed E-state index contributed by atoms with van der Waals surface area (Å²) in [7, 11) is 0. The monoisotopic (exact) mass is 124 g/mol. The first-order chi connectivity index (χ1) is 4.02. The van der Waals surface area contributed by atoms with Gasteiger partial charge in [0.25, 0.3) is 0 Å². The van der Waals surface area contributed by atoms with E-state index in [1.807, 2.05) is 6.92 Å². The van der Waals surface area contributed by atoms with Crippen molar-refractivity contribution in [3.63, 3.8) is 0 Å². The van der Waals surface area contributed by atoms with Crippen LogP contribution in [-0.4, -0.2) is 22.9 Å². The van der Waals surface area contributed by atoms with Gasteiger partial charge in [0.1, 0.15) is 0 Å². The predicted octanol–water partition coefficient (Wildman–Crippen LogP) is 1.44. The van der Waals surface area contributed by atoms with Crippen LogP contribution in [0.25, 0.3) is 0 Å². The quantitative estimate of drug-likeness (QED) is 0.367. The zero-order chi connectivity index (χ0) is 7.07. The van der Waals surface area contributed by atoms with Gasteiger partial charge in [-0.25, -0.2) is 4.58 Å². The molecule has 0 unspecified atom stereocenters. The largest absolute Gasteiger partial charge is 0.218 e. The Balaban J connectivity index is 2.60. The molecule has 1 heteroatoms. The number of hydrogen-bond acceptors (Lipinski definition) is 0. The first-order valence-electron chi connectivity index (χ1n) is 3.29. The van der Waals surface area contributed by atoms with Crippen LogP contribution in [0, 0.1) is 0 Å². The highest BCUT2D eigenvalue weighted by molar-refractivity contribution is 5.72. The first-order valence-corrected chi connectivity index (χ1v) is 3.29. The summed E-state index contributed by atoms with van der Waals surface area (Å²) in [5.41, 5.74) is 1.56. The molecule has 0 aromatic heterocycles. The molecule has 1 fully saturated rings. The summed E-state index contributed by atoms with van der Waals surface area (Å²) in [5.74, 6) is 0. The lowest BCUT2D eigenvalue weighted by molar-refractivity contribution is -0.378. The van der Waals surface area contributed by atoms with Gasteiger partial charge in [-0.2, -0.15) is 0 Å². The van der Waals surface area contributed by atoms with Crippen LogP contribution in [0.4, 0.5) is 0 Å². The van der Waals surface area contributed by atoms with E-state index in [4.69, 9.17) is 0 Å². The minimum Gasteiger partial charge on any atom is -0.218 e.